The molecular formula is C10H11Cl2NO2S. The molecule has 0 radical (unpaired) electrons. The lowest BCUT2D eigenvalue weighted by atomic mass is 10.4. The number of benzene rings is 1. The van der Waals surface area contributed by atoms with Crippen LogP contribution in [0.3, 0.4) is 0 Å². The monoisotopic (exact) mass is 279 g/mol. The zero-order chi connectivity index (χ0) is 12.3. The van der Waals surface area contributed by atoms with Gasteiger partial charge in [0.25, 0.3) is 0 Å². The fourth-order valence-corrected chi connectivity index (χ4v) is 2.81. The average molecular weight is 280 g/mol. The highest BCUT2D eigenvalue weighted by Gasteiger charge is 2.14. The predicted octanol–water partition coefficient (Wildman–Crippen LogP) is 2.85. The molecule has 0 aliphatic heterocycles. The van der Waals surface area contributed by atoms with Crippen molar-refractivity contribution < 1.29 is 8.42 Å². The summed E-state index contributed by atoms with van der Waals surface area (Å²) in [4.78, 5) is 0.0475. The topological polar surface area (TPSA) is 46.2 Å². The quantitative estimate of drug-likeness (QED) is 0.862. The van der Waals surface area contributed by atoms with Gasteiger partial charge in [-0.1, -0.05) is 35.4 Å². The first kappa shape index (κ1) is 13.5. The maximum atomic E-state index is 11.8. The van der Waals surface area contributed by atoms with Crippen LogP contribution in [0.25, 0.3) is 0 Å². The molecule has 1 aromatic carbocycles. The largest absolute Gasteiger partial charge is 0.240 e. The highest BCUT2D eigenvalue weighted by Crippen LogP contribution is 2.22. The normalized spacial score (nSPS) is 11.4. The zero-order valence-electron chi connectivity index (χ0n) is 8.63. The van der Waals surface area contributed by atoms with E-state index in [-0.39, 0.29) is 21.5 Å². The van der Waals surface area contributed by atoms with Crippen LogP contribution in [0, 0.1) is 0 Å². The Kier molecular flexibility index (Phi) is 4.38. The number of hydrogen-bond acceptors (Lipinski definition) is 2. The van der Waals surface area contributed by atoms with Crippen molar-refractivity contribution in [1.29, 1.82) is 0 Å². The van der Waals surface area contributed by atoms with Crippen LogP contribution in [0.5, 0.6) is 0 Å². The molecule has 6 heteroatoms. The van der Waals surface area contributed by atoms with Crippen molar-refractivity contribution in [1.82, 2.24) is 4.72 Å². The van der Waals surface area contributed by atoms with Gasteiger partial charge in [0.1, 0.15) is 0 Å². The Bertz CT molecular complexity index is 491. The van der Waals surface area contributed by atoms with Gasteiger partial charge in [0.2, 0.25) is 10.0 Å². The Hall–Kier alpha value is -0.550. The summed E-state index contributed by atoms with van der Waals surface area (Å²) in [7, 11) is -3.58. The third-order valence-electron chi connectivity index (χ3n) is 1.71. The minimum atomic E-state index is -3.58. The molecule has 0 bridgehead atoms. The second kappa shape index (κ2) is 5.19. The Morgan fingerprint density at radius 2 is 1.81 bits per heavy atom. The van der Waals surface area contributed by atoms with Gasteiger partial charge in [-0.25, -0.2) is 13.1 Å². The van der Waals surface area contributed by atoms with E-state index in [4.69, 9.17) is 23.2 Å². The molecular weight excluding hydrogens is 269 g/mol. The van der Waals surface area contributed by atoms with Gasteiger partial charge in [0.15, 0.2) is 0 Å². The van der Waals surface area contributed by atoms with E-state index < -0.39 is 10.0 Å². The molecule has 0 saturated heterocycles. The number of nitrogens with one attached hydrogen (secondary N) is 1. The molecule has 0 unspecified atom stereocenters. The number of sulfonamides is 1. The molecule has 0 atom stereocenters. The van der Waals surface area contributed by atoms with E-state index in [2.05, 4.69) is 11.3 Å². The molecule has 0 fully saturated rings. The third kappa shape index (κ3) is 3.79. The zero-order valence-corrected chi connectivity index (χ0v) is 11.0. The van der Waals surface area contributed by atoms with Gasteiger partial charge in [-0.15, -0.1) is 0 Å². The van der Waals surface area contributed by atoms with E-state index in [1.54, 1.807) is 6.92 Å². The van der Waals surface area contributed by atoms with Crippen LogP contribution in [0.4, 0.5) is 0 Å². The van der Waals surface area contributed by atoms with Crippen molar-refractivity contribution in [2.45, 2.75) is 11.8 Å². The summed E-state index contributed by atoms with van der Waals surface area (Å²) in [5, 5.41) is 0.561. The number of rotatable bonds is 4. The summed E-state index contributed by atoms with van der Waals surface area (Å²) in [5.41, 5.74) is 0.719. The molecule has 3 nitrogen and oxygen atoms in total. The number of hydrogen-bond donors (Lipinski definition) is 1. The molecule has 0 saturated carbocycles. The van der Waals surface area contributed by atoms with Crippen molar-refractivity contribution in [3.8, 4) is 0 Å². The van der Waals surface area contributed by atoms with E-state index in [0.29, 0.717) is 0 Å². The van der Waals surface area contributed by atoms with Crippen molar-refractivity contribution in [3.63, 3.8) is 0 Å². The number of halogens is 2. The van der Waals surface area contributed by atoms with Crippen LogP contribution < -0.4 is 4.72 Å². The molecule has 88 valence electrons. The third-order valence-corrected chi connectivity index (χ3v) is 3.53. The molecule has 0 amide bonds. The summed E-state index contributed by atoms with van der Waals surface area (Å²) in [5.74, 6) is 0. The van der Waals surface area contributed by atoms with E-state index >= 15 is 0 Å². The second-order valence-electron chi connectivity index (χ2n) is 3.39. The van der Waals surface area contributed by atoms with Crippen LogP contribution in [-0.4, -0.2) is 15.0 Å². The van der Waals surface area contributed by atoms with Gasteiger partial charge in [0, 0.05) is 16.6 Å². The van der Waals surface area contributed by atoms with Crippen LogP contribution in [-0.2, 0) is 10.0 Å². The van der Waals surface area contributed by atoms with Gasteiger partial charge in [0.05, 0.1) is 4.90 Å². The lowest BCUT2D eigenvalue weighted by Gasteiger charge is -2.07. The van der Waals surface area contributed by atoms with E-state index in [0.717, 1.165) is 5.57 Å². The van der Waals surface area contributed by atoms with Crippen LogP contribution >= 0.6 is 23.2 Å². The van der Waals surface area contributed by atoms with E-state index in [9.17, 15) is 8.42 Å². The van der Waals surface area contributed by atoms with Crippen molar-refractivity contribution >= 4 is 33.2 Å². The van der Waals surface area contributed by atoms with E-state index in [1.165, 1.54) is 18.2 Å². The first-order chi connectivity index (χ1) is 7.31. The van der Waals surface area contributed by atoms with Gasteiger partial charge in [-0.3, -0.25) is 0 Å². The van der Waals surface area contributed by atoms with E-state index in [1.807, 2.05) is 0 Å². The average Bonchev–Trinajstić information content (AvgIpc) is 2.13. The summed E-state index contributed by atoms with van der Waals surface area (Å²) in [6, 6.07) is 4.16. The lowest BCUT2D eigenvalue weighted by molar-refractivity contribution is 0.584. The Morgan fingerprint density at radius 3 is 2.25 bits per heavy atom. The fourth-order valence-electron chi connectivity index (χ4n) is 0.985. The molecule has 0 aliphatic rings. The summed E-state index contributed by atoms with van der Waals surface area (Å²) < 4.78 is 25.9. The Morgan fingerprint density at radius 1 is 1.31 bits per heavy atom. The smallest absolute Gasteiger partial charge is 0.207 e. The summed E-state index contributed by atoms with van der Waals surface area (Å²) in [6.07, 6.45) is 0. The SMILES string of the molecule is C=C(C)CNS(=O)(=O)c1cc(Cl)cc(Cl)c1. The van der Waals surface area contributed by atoms with Crippen LogP contribution in [0.2, 0.25) is 10.0 Å². The predicted molar refractivity (Wildman–Crippen MR) is 66.5 cm³/mol. The van der Waals surface area contributed by atoms with Crippen molar-refractivity contribution in [2.75, 3.05) is 6.54 Å². The van der Waals surface area contributed by atoms with Crippen LogP contribution in [0.15, 0.2) is 35.2 Å². The molecule has 0 heterocycles. The van der Waals surface area contributed by atoms with Crippen molar-refractivity contribution in [2.24, 2.45) is 0 Å². The molecule has 0 spiro atoms. The minimum absolute atomic E-state index is 0.0475. The second-order valence-corrected chi connectivity index (χ2v) is 6.03. The molecule has 1 rings (SSSR count). The maximum Gasteiger partial charge on any atom is 0.240 e. The Balaban J connectivity index is 3.02. The maximum absolute atomic E-state index is 11.8. The Labute approximate surface area is 105 Å². The van der Waals surface area contributed by atoms with Gasteiger partial charge in [-0.05, 0) is 25.1 Å². The first-order valence-electron chi connectivity index (χ1n) is 4.41. The van der Waals surface area contributed by atoms with Gasteiger partial charge < -0.3 is 0 Å². The van der Waals surface area contributed by atoms with Crippen molar-refractivity contribution in [3.05, 3.63) is 40.4 Å². The summed E-state index contributed by atoms with van der Waals surface area (Å²) in [6.45, 7) is 5.52. The summed E-state index contributed by atoms with van der Waals surface area (Å²) >= 11 is 11.4. The fraction of sp³-hybridized carbons (Fsp3) is 0.200. The standard InChI is InChI=1S/C10H11Cl2NO2S/c1-7(2)6-13-16(14,15)10-4-8(11)3-9(12)5-10/h3-5,13H,1,6H2,2H3. The lowest BCUT2D eigenvalue weighted by Crippen LogP contribution is -2.25. The molecule has 1 aromatic rings. The minimum Gasteiger partial charge on any atom is -0.207 e. The molecule has 1 N–H and O–H groups in total. The molecule has 0 aromatic heterocycles. The van der Waals surface area contributed by atoms with Gasteiger partial charge in [-0.2, -0.15) is 0 Å². The first-order valence-corrected chi connectivity index (χ1v) is 6.65. The van der Waals surface area contributed by atoms with Gasteiger partial charge >= 0.3 is 0 Å². The highest BCUT2D eigenvalue weighted by molar-refractivity contribution is 7.89. The van der Waals surface area contributed by atoms with Crippen LogP contribution in [0.1, 0.15) is 6.92 Å². The highest BCUT2D eigenvalue weighted by atomic mass is 35.5. The molecule has 0 aliphatic carbocycles. The molecule has 16 heavy (non-hydrogen) atoms.